The smallest absolute Gasteiger partial charge is 0.337 e. The average molecular weight is 278 g/mol. The number of rotatable bonds is 8. The van der Waals surface area contributed by atoms with E-state index in [0.717, 1.165) is 11.8 Å². The molecule has 108 valence electrons. The number of hydrogen-bond donors (Lipinski definition) is 1. The first-order valence-corrected chi connectivity index (χ1v) is 6.44. The van der Waals surface area contributed by atoms with Gasteiger partial charge >= 0.3 is 11.9 Å². The number of methoxy groups -OCH3 is 1. The monoisotopic (exact) mass is 278 g/mol. The largest absolute Gasteiger partial charge is 0.481 e. The van der Waals surface area contributed by atoms with Crippen molar-refractivity contribution in [2.75, 3.05) is 7.11 Å². The van der Waals surface area contributed by atoms with Crippen molar-refractivity contribution in [3.8, 4) is 0 Å². The molecule has 1 N–H and O–H groups in total. The van der Waals surface area contributed by atoms with E-state index in [9.17, 15) is 14.4 Å². The Kier molecular flexibility index (Phi) is 6.43. The fourth-order valence-corrected chi connectivity index (χ4v) is 1.94. The molecule has 0 aliphatic rings. The molecule has 0 aromatic heterocycles. The summed E-state index contributed by atoms with van der Waals surface area (Å²) in [5.74, 6) is -1.51. The molecule has 0 saturated heterocycles. The Hall–Kier alpha value is -2.17. The molecular weight excluding hydrogens is 260 g/mol. The lowest BCUT2D eigenvalue weighted by Gasteiger charge is -2.10. The first kappa shape index (κ1) is 15.9. The second-order valence-corrected chi connectivity index (χ2v) is 4.50. The summed E-state index contributed by atoms with van der Waals surface area (Å²) in [6.07, 6.45) is 2.81. The maximum atomic E-state index is 11.3. The number of unbranched alkanes of at least 4 members (excludes halogenated alkanes) is 1. The summed E-state index contributed by atoms with van der Waals surface area (Å²) in [7, 11) is 1.31. The minimum atomic E-state index is -0.824. The summed E-state index contributed by atoms with van der Waals surface area (Å²) in [6.45, 7) is 0. The summed E-state index contributed by atoms with van der Waals surface area (Å²) in [4.78, 5) is 32.8. The van der Waals surface area contributed by atoms with E-state index in [1.807, 2.05) is 0 Å². The third-order valence-electron chi connectivity index (χ3n) is 3.08. The zero-order valence-corrected chi connectivity index (χ0v) is 11.4. The van der Waals surface area contributed by atoms with Gasteiger partial charge in [0.2, 0.25) is 0 Å². The molecule has 20 heavy (non-hydrogen) atoms. The van der Waals surface area contributed by atoms with E-state index < -0.39 is 11.9 Å². The Morgan fingerprint density at radius 2 is 1.90 bits per heavy atom. The molecule has 1 atom stereocenters. The summed E-state index contributed by atoms with van der Waals surface area (Å²) < 4.78 is 4.60. The van der Waals surface area contributed by atoms with Crippen molar-refractivity contribution < 1.29 is 24.2 Å². The molecular formula is C15H18O5. The normalized spacial score (nSPS) is 11.7. The van der Waals surface area contributed by atoms with Crippen LogP contribution in [0.3, 0.4) is 0 Å². The van der Waals surface area contributed by atoms with Crippen LogP contribution >= 0.6 is 0 Å². The Labute approximate surface area is 117 Å². The number of ether oxygens (including phenoxy) is 1. The Balaban J connectivity index is 2.59. The Morgan fingerprint density at radius 1 is 1.25 bits per heavy atom. The van der Waals surface area contributed by atoms with Crippen LogP contribution in [0.25, 0.3) is 0 Å². The van der Waals surface area contributed by atoms with Crippen molar-refractivity contribution in [3.63, 3.8) is 0 Å². The van der Waals surface area contributed by atoms with Gasteiger partial charge in [0.05, 0.1) is 12.7 Å². The van der Waals surface area contributed by atoms with E-state index in [1.165, 1.54) is 7.11 Å². The predicted octanol–water partition coefficient (Wildman–Crippen LogP) is 2.40. The Morgan fingerprint density at radius 3 is 2.40 bits per heavy atom. The third-order valence-corrected chi connectivity index (χ3v) is 3.08. The van der Waals surface area contributed by atoms with Crippen LogP contribution in [0.4, 0.5) is 0 Å². The highest BCUT2D eigenvalue weighted by atomic mass is 16.5. The molecule has 1 unspecified atom stereocenters. The van der Waals surface area contributed by atoms with Crippen LogP contribution in [0.15, 0.2) is 24.3 Å². The zero-order chi connectivity index (χ0) is 15.0. The lowest BCUT2D eigenvalue weighted by Crippen LogP contribution is -2.04. The van der Waals surface area contributed by atoms with Gasteiger partial charge in [0.1, 0.15) is 6.29 Å². The van der Waals surface area contributed by atoms with Gasteiger partial charge in [0, 0.05) is 12.3 Å². The molecule has 0 fully saturated rings. The molecule has 0 bridgehead atoms. The standard InChI is InChI=1S/C15H18O5/c1-20-15(19)12-8-6-11(7-9-12)13(10-16)4-2-3-5-14(17)18/h6-10,13H,2-5H2,1H3,(H,17,18). The van der Waals surface area contributed by atoms with Crippen LogP contribution in [0.2, 0.25) is 0 Å². The fraction of sp³-hybridized carbons (Fsp3) is 0.400. The van der Waals surface area contributed by atoms with Gasteiger partial charge in [-0.1, -0.05) is 18.6 Å². The molecule has 5 nitrogen and oxygen atoms in total. The summed E-state index contributed by atoms with van der Waals surface area (Å²) in [6, 6.07) is 6.69. The quantitative estimate of drug-likeness (QED) is 0.448. The minimum Gasteiger partial charge on any atom is -0.481 e. The number of carboxylic acid groups (broad SMARTS) is 1. The number of carbonyl (C=O) groups is 3. The van der Waals surface area contributed by atoms with Crippen LogP contribution < -0.4 is 0 Å². The molecule has 1 rings (SSSR count). The first-order valence-electron chi connectivity index (χ1n) is 6.44. The highest BCUT2D eigenvalue weighted by molar-refractivity contribution is 5.89. The van der Waals surface area contributed by atoms with E-state index in [2.05, 4.69) is 4.74 Å². The second-order valence-electron chi connectivity index (χ2n) is 4.50. The van der Waals surface area contributed by atoms with Gasteiger partial charge in [-0.25, -0.2) is 4.79 Å². The summed E-state index contributed by atoms with van der Waals surface area (Å²) in [5, 5.41) is 8.55. The van der Waals surface area contributed by atoms with Crippen molar-refractivity contribution in [1.29, 1.82) is 0 Å². The first-order chi connectivity index (χ1) is 9.58. The second kappa shape index (κ2) is 8.09. The SMILES string of the molecule is COC(=O)c1ccc(C(C=O)CCCCC(=O)O)cc1. The highest BCUT2D eigenvalue weighted by Gasteiger charge is 2.12. The van der Waals surface area contributed by atoms with E-state index >= 15 is 0 Å². The number of aldehydes is 1. The van der Waals surface area contributed by atoms with Gasteiger partial charge in [-0.3, -0.25) is 4.79 Å². The van der Waals surface area contributed by atoms with Crippen molar-refractivity contribution in [3.05, 3.63) is 35.4 Å². The number of carbonyl (C=O) groups excluding carboxylic acids is 2. The lowest BCUT2D eigenvalue weighted by molar-refractivity contribution is -0.137. The van der Waals surface area contributed by atoms with Gasteiger partial charge in [-0.2, -0.15) is 0 Å². The number of hydrogen-bond acceptors (Lipinski definition) is 4. The van der Waals surface area contributed by atoms with Crippen molar-refractivity contribution in [1.82, 2.24) is 0 Å². The molecule has 5 heteroatoms. The summed E-state index contributed by atoms with van der Waals surface area (Å²) >= 11 is 0. The van der Waals surface area contributed by atoms with Gasteiger partial charge < -0.3 is 14.6 Å². The highest BCUT2D eigenvalue weighted by Crippen LogP contribution is 2.21. The minimum absolute atomic E-state index is 0.118. The van der Waals surface area contributed by atoms with Crippen molar-refractivity contribution >= 4 is 18.2 Å². The molecule has 0 amide bonds. The number of esters is 1. The van der Waals surface area contributed by atoms with Gasteiger partial charge in [0.15, 0.2) is 0 Å². The van der Waals surface area contributed by atoms with E-state index in [4.69, 9.17) is 5.11 Å². The molecule has 0 radical (unpaired) electrons. The molecule has 0 aliphatic heterocycles. The van der Waals surface area contributed by atoms with Crippen LogP contribution in [0.5, 0.6) is 0 Å². The lowest BCUT2D eigenvalue weighted by atomic mass is 9.94. The molecule has 0 heterocycles. The number of aliphatic carboxylic acids is 1. The molecule has 0 spiro atoms. The molecule has 1 aromatic rings. The fourth-order valence-electron chi connectivity index (χ4n) is 1.94. The zero-order valence-electron chi connectivity index (χ0n) is 11.4. The maximum absolute atomic E-state index is 11.3. The van der Waals surface area contributed by atoms with Gasteiger partial charge in [-0.15, -0.1) is 0 Å². The molecule has 1 aromatic carbocycles. The van der Waals surface area contributed by atoms with Crippen molar-refractivity contribution in [2.24, 2.45) is 0 Å². The summed E-state index contributed by atoms with van der Waals surface area (Å²) in [5.41, 5.74) is 1.26. The van der Waals surface area contributed by atoms with Gasteiger partial charge in [-0.05, 0) is 30.5 Å². The third kappa shape index (κ3) is 4.84. The van der Waals surface area contributed by atoms with Gasteiger partial charge in [0.25, 0.3) is 0 Å². The van der Waals surface area contributed by atoms with E-state index in [-0.39, 0.29) is 12.3 Å². The number of carboxylic acids is 1. The predicted molar refractivity (Wildman–Crippen MR) is 72.7 cm³/mol. The number of benzene rings is 1. The Bertz CT molecular complexity index is 464. The van der Waals surface area contributed by atoms with Crippen LogP contribution in [0, 0.1) is 0 Å². The average Bonchev–Trinajstić information content (AvgIpc) is 2.46. The maximum Gasteiger partial charge on any atom is 0.337 e. The van der Waals surface area contributed by atoms with Crippen LogP contribution in [-0.4, -0.2) is 30.4 Å². The van der Waals surface area contributed by atoms with E-state index in [1.54, 1.807) is 24.3 Å². The molecule has 0 saturated carbocycles. The molecule has 0 aliphatic carbocycles. The van der Waals surface area contributed by atoms with Crippen LogP contribution in [0.1, 0.15) is 47.5 Å². The van der Waals surface area contributed by atoms with E-state index in [0.29, 0.717) is 24.8 Å². The topological polar surface area (TPSA) is 80.7 Å². The van der Waals surface area contributed by atoms with Crippen molar-refractivity contribution in [2.45, 2.75) is 31.6 Å². The van der Waals surface area contributed by atoms with Crippen LogP contribution in [-0.2, 0) is 14.3 Å².